The molecule has 0 spiro atoms. The third-order valence-corrected chi connectivity index (χ3v) is 3.65. The number of carbonyl (C=O) groups excluding carboxylic acids is 2. The lowest BCUT2D eigenvalue weighted by molar-refractivity contribution is -0.384. The van der Waals surface area contributed by atoms with Crippen LogP contribution in [0.2, 0.25) is 0 Å². The van der Waals surface area contributed by atoms with Gasteiger partial charge in [0.25, 0.3) is 11.6 Å². The van der Waals surface area contributed by atoms with Gasteiger partial charge in [0.15, 0.2) is 23.6 Å². The lowest BCUT2D eigenvalue weighted by Crippen LogP contribution is -2.30. The van der Waals surface area contributed by atoms with Crippen LogP contribution in [-0.2, 0) is 9.53 Å². The van der Waals surface area contributed by atoms with Gasteiger partial charge in [-0.25, -0.2) is 18.0 Å². The van der Waals surface area contributed by atoms with Gasteiger partial charge in [-0.05, 0) is 25.1 Å². The molecule has 0 aliphatic carbocycles. The number of hydrogen-bond donors (Lipinski definition) is 2. The number of amides is 1. The van der Waals surface area contributed by atoms with Gasteiger partial charge >= 0.3 is 5.97 Å². The van der Waals surface area contributed by atoms with Crippen molar-refractivity contribution in [3.63, 3.8) is 0 Å². The average Bonchev–Trinajstić information content (AvgIpc) is 2.67. The van der Waals surface area contributed by atoms with E-state index in [1.54, 1.807) is 0 Å². The Kier molecular flexibility index (Phi) is 6.18. The van der Waals surface area contributed by atoms with E-state index in [1.165, 1.54) is 19.2 Å². The predicted molar refractivity (Wildman–Crippen MR) is 92.5 cm³/mol. The van der Waals surface area contributed by atoms with E-state index in [0.29, 0.717) is 6.07 Å². The molecule has 0 saturated heterocycles. The highest BCUT2D eigenvalue weighted by Gasteiger charge is 2.24. The Morgan fingerprint density at radius 2 is 1.75 bits per heavy atom. The van der Waals surface area contributed by atoms with Gasteiger partial charge in [0, 0.05) is 24.9 Å². The van der Waals surface area contributed by atoms with Crippen molar-refractivity contribution in [3.05, 3.63) is 63.5 Å². The van der Waals surface area contributed by atoms with E-state index in [1.807, 2.05) is 5.32 Å². The molecule has 0 aliphatic rings. The van der Waals surface area contributed by atoms with Crippen LogP contribution in [0.4, 0.5) is 30.2 Å². The Morgan fingerprint density at radius 3 is 2.36 bits per heavy atom. The molecule has 1 atom stereocenters. The number of carbonyl (C=O) groups is 2. The minimum atomic E-state index is -1.77. The second-order valence-corrected chi connectivity index (χ2v) is 5.50. The molecule has 0 fully saturated rings. The summed E-state index contributed by atoms with van der Waals surface area (Å²) < 4.78 is 44.7. The maximum absolute atomic E-state index is 13.6. The second-order valence-electron chi connectivity index (χ2n) is 5.50. The van der Waals surface area contributed by atoms with E-state index in [9.17, 15) is 32.9 Å². The molecule has 11 heteroatoms. The van der Waals surface area contributed by atoms with Crippen molar-refractivity contribution in [1.29, 1.82) is 0 Å². The SMILES string of the molecule is CNc1ccc([N+](=O)[O-])cc1C(=O)O[C@@H](C)C(=O)Nc1ccc(F)c(F)c1F. The number of nitro benzene ring substituents is 1. The molecule has 2 N–H and O–H groups in total. The molecule has 0 bridgehead atoms. The predicted octanol–water partition coefficient (Wildman–Crippen LogP) is 3.24. The highest BCUT2D eigenvalue weighted by molar-refractivity contribution is 6.00. The molecule has 0 unspecified atom stereocenters. The number of ether oxygens (including phenoxy) is 1. The number of non-ortho nitro benzene ring substituents is 1. The smallest absolute Gasteiger partial charge is 0.341 e. The third kappa shape index (κ3) is 4.37. The summed E-state index contributed by atoms with van der Waals surface area (Å²) in [5, 5.41) is 15.5. The lowest BCUT2D eigenvalue weighted by atomic mass is 10.1. The quantitative estimate of drug-likeness (QED) is 0.335. The molecule has 8 nitrogen and oxygen atoms in total. The van der Waals surface area contributed by atoms with Gasteiger partial charge in [0.1, 0.15) is 0 Å². The summed E-state index contributed by atoms with van der Waals surface area (Å²) in [5.74, 6) is -6.88. The maximum Gasteiger partial charge on any atom is 0.341 e. The van der Waals surface area contributed by atoms with E-state index < -0.39 is 46.0 Å². The fourth-order valence-corrected chi connectivity index (χ4v) is 2.17. The fourth-order valence-electron chi connectivity index (χ4n) is 2.17. The highest BCUT2D eigenvalue weighted by Crippen LogP contribution is 2.24. The summed E-state index contributed by atoms with van der Waals surface area (Å²) >= 11 is 0. The van der Waals surface area contributed by atoms with Gasteiger partial charge in [-0.1, -0.05) is 0 Å². The number of nitrogens with one attached hydrogen (secondary N) is 2. The molecule has 0 aliphatic heterocycles. The standard InChI is InChI=1S/C17H14F3N3O5/c1-8(16(24)22-13-6-4-11(18)14(19)15(13)20)28-17(25)10-7-9(23(26)27)3-5-12(10)21-2/h3-8,21H,1-2H3,(H,22,24)/t8-/m0/s1. The van der Waals surface area contributed by atoms with Crippen molar-refractivity contribution in [2.75, 3.05) is 17.7 Å². The normalized spacial score (nSPS) is 11.5. The van der Waals surface area contributed by atoms with E-state index in [2.05, 4.69) is 5.32 Å². The zero-order valence-electron chi connectivity index (χ0n) is 14.6. The summed E-state index contributed by atoms with van der Waals surface area (Å²) in [4.78, 5) is 34.5. The summed E-state index contributed by atoms with van der Waals surface area (Å²) in [7, 11) is 1.47. The van der Waals surface area contributed by atoms with Crippen LogP contribution in [-0.4, -0.2) is 30.0 Å². The van der Waals surface area contributed by atoms with Crippen LogP contribution in [0.5, 0.6) is 0 Å². The number of rotatable bonds is 6. The van der Waals surface area contributed by atoms with Crippen molar-refractivity contribution < 1.29 is 32.4 Å². The van der Waals surface area contributed by atoms with Crippen LogP contribution in [0.1, 0.15) is 17.3 Å². The first-order chi connectivity index (χ1) is 13.1. The van der Waals surface area contributed by atoms with Gasteiger partial charge in [-0.2, -0.15) is 0 Å². The summed E-state index contributed by atoms with van der Waals surface area (Å²) in [6.07, 6.45) is -1.47. The Hall–Kier alpha value is -3.63. The number of anilines is 2. The van der Waals surface area contributed by atoms with Gasteiger partial charge in [-0.3, -0.25) is 14.9 Å². The maximum atomic E-state index is 13.6. The fraction of sp³-hybridized carbons (Fsp3) is 0.176. The van der Waals surface area contributed by atoms with Crippen LogP contribution < -0.4 is 10.6 Å². The zero-order valence-corrected chi connectivity index (χ0v) is 14.6. The van der Waals surface area contributed by atoms with Crippen LogP contribution in [0, 0.1) is 27.6 Å². The van der Waals surface area contributed by atoms with Crippen molar-refractivity contribution >= 4 is 28.9 Å². The average molecular weight is 397 g/mol. The van der Waals surface area contributed by atoms with Crippen LogP contribution in [0.25, 0.3) is 0 Å². The molecule has 0 heterocycles. The first-order valence-corrected chi connectivity index (χ1v) is 7.77. The zero-order chi connectivity index (χ0) is 21.0. The molecular weight excluding hydrogens is 383 g/mol. The molecule has 2 aromatic rings. The Bertz CT molecular complexity index is 952. The van der Waals surface area contributed by atoms with Crippen molar-refractivity contribution in [2.45, 2.75) is 13.0 Å². The molecular formula is C17H14F3N3O5. The highest BCUT2D eigenvalue weighted by atomic mass is 19.2. The first kappa shape index (κ1) is 20.7. The largest absolute Gasteiger partial charge is 0.449 e. The molecule has 28 heavy (non-hydrogen) atoms. The molecule has 0 radical (unpaired) electrons. The van der Waals surface area contributed by atoms with Gasteiger partial charge in [0.2, 0.25) is 0 Å². The number of benzene rings is 2. The second kappa shape index (κ2) is 8.37. The molecule has 2 rings (SSSR count). The Morgan fingerprint density at radius 1 is 1.11 bits per heavy atom. The van der Waals surface area contributed by atoms with Gasteiger partial charge in [-0.15, -0.1) is 0 Å². The molecule has 1 amide bonds. The summed E-state index contributed by atoms with van der Waals surface area (Å²) in [6.45, 7) is 1.15. The summed E-state index contributed by atoms with van der Waals surface area (Å²) in [6, 6.07) is 4.85. The number of hydrogen-bond acceptors (Lipinski definition) is 6. The molecule has 0 aromatic heterocycles. The Labute approximate surface area is 156 Å². The van der Waals surface area contributed by atoms with Crippen molar-refractivity contribution in [2.24, 2.45) is 0 Å². The number of nitro groups is 1. The van der Waals surface area contributed by atoms with Crippen LogP contribution in [0.3, 0.4) is 0 Å². The topological polar surface area (TPSA) is 111 Å². The van der Waals surface area contributed by atoms with Crippen LogP contribution >= 0.6 is 0 Å². The van der Waals surface area contributed by atoms with Crippen molar-refractivity contribution in [1.82, 2.24) is 0 Å². The molecule has 148 valence electrons. The molecule has 0 saturated carbocycles. The molecule has 2 aromatic carbocycles. The Balaban J connectivity index is 2.16. The van der Waals surface area contributed by atoms with Gasteiger partial charge < -0.3 is 15.4 Å². The number of esters is 1. The monoisotopic (exact) mass is 397 g/mol. The minimum absolute atomic E-state index is 0.199. The van der Waals surface area contributed by atoms with Crippen LogP contribution in [0.15, 0.2) is 30.3 Å². The number of halogens is 3. The number of nitrogens with zero attached hydrogens (tertiary/aromatic N) is 1. The van der Waals surface area contributed by atoms with E-state index in [4.69, 9.17) is 4.74 Å². The summed E-state index contributed by atoms with van der Waals surface area (Å²) in [5.41, 5.74) is -0.991. The minimum Gasteiger partial charge on any atom is -0.449 e. The van der Waals surface area contributed by atoms with E-state index in [0.717, 1.165) is 19.1 Å². The first-order valence-electron chi connectivity index (χ1n) is 7.77. The lowest BCUT2D eigenvalue weighted by Gasteiger charge is -2.15. The van der Waals surface area contributed by atoms with E-state index in [-0.39, 0.29) is 16.9 Å². The van der Waals surface area contributed by atoms with Crippen molar-refractivity contribution in [3.8, 4) is 0 Å². The van der Waals surface area contributed by atoms with Gasteiger partial charge in [0.05, 0.1) is 16.2 Å². The third-order valence-electron chi connectivity index (χ3n) is 3.65. The van der Waals surface area contributed by atoms with E-state index >= 15 is 0 Å².